The lowest BCUT2D eigenvalue weighted by molar-refractivity contribution is -0.137. The van der Waals surface area contributed by atoms with E-state index in [9.17, 15) is 9.59 Å². The Hall–Kier alpha value is -2.05. The molecule has 0 aliphatic carbocycles. The monoisotopic (exact) mass is 296 g/mol. The maximum Gasteiger partial charge on any atom is 0.315 e. The quantitative estimate of drug-likeness (QED) is 0.628. The molecule has 7 nitrogen and oxygen atoms in total. The predicted octanol–water partition coefficient (Wildman–Crippen LogP) is 1.21. The van der Waals surface area contributed by atoms with Crippen LogP contribution in [0.25, 0.3) is 0 Å². The van der Waals surface area contributed by atoms with Gasteiger partial charge in [0.25, 0.3) is 0 Å². The van der Waals surface area contributed by atoms with Crippen molar-refractivity contribution in [2.45, 2.75) is 46.1 Å². The molecule has 0 saturated heterocycles. The van der Waals surface area contributed by atoms with Crippen molar-refractivity contribution in [2.75, 3.05) is 6.54 Å². The second kappa shape index (κ2) is 8.28. The van der Waals surface area contributed by atoms with E-state index >= 15 is 0 Å². The summed E-state index contributed by atoms with van der Waals surface area (Å²) in [5.41, 5.74) is 3.20. The third kappa shape index (κ3) is 5.09. The van der Waals surface area contributed by atoms with E-state index in [1.165, 1.54) is 0 Å². The van der Waals surface area contributed by atoms with Gasteiger partial charge in [0.1, 0.15) is 0 Å². The van der Waals surface area contributed by atoms with Gasteiger partial charge in [0.15, 0.2) is 0 Å². The van der Waals surface area contributed by atoms with Crippen LogP contribution in [0.1, 0.15) is 43.6 Å². The number of hydrogen-bond donors (Lipinski definition) is 3. The van der Waals surface area contributed by atoms with E-state index in [1.54, 1.807) is 0 Å². The fraction of sp³-hybridized carbons (Fsp3) is 0.643. The maximum atomic E-state index is 11.7. The Morgan fingerprint density at radius 1 is 1.24 bits per heavy atom. The van der Waals surface area contributed by atoms with E-state index in [0.29, 0.717) is 19.5 Å². The average molecular weight is 296 g/mol. The molecule has 1 rings (SSSR count). The van der Waals surface area contributed by atoms with Crippen LogP contribution in [-0.4, -0.2) is 33.4 Å². The van der Waals surface area contributed by atoms with E-state index in [2.05, 4.69) is 22.7 Å². The van der Waals surface area contributed by atoms with Crippen molar-refractivity contribution in [2.24, 2.45) is 7.05 Å². The van der Waals surface area contributed by atoms with Gasteiger partial charge in [0.2, 0.25) is 0 Å². The van der Waals surface area contributed by atoms with Crippen molar-refractivity contribution in [3.05, 3.63) is 17.0 Å². The second-order valence-electron chi connectivity index (χ2n) is 4.81. The van der Waals surface area contributed by atoms with Gasteiger partial charge >= 0.3 is 12.0 Å². The number of aliphatic carboxylic acids is 1. The molecular weight excluding hydrogens is 272 g/mol. The number of carboxylic acid groups (broad SMARTS) is 1. The average Bonchev–Trinajstić information content (AvgIpc) is 2.76. The number of amides is 2. The molecule has 0 aromatic carbocycles. The highest BCUT2D eigenvalue weighted by Crippen LogP contribution is 2.14. The molecule has 0 bridgehead atoms. The van der Waals surface area contributed by atoms with Crippen molar-refractivity contribution in [3.8, 4) is 0 Å². The Kier molecular flexibility index (Phi) is 6.71. The zero-order valence-corrected chi connectivity index (χ0v) is 12.9. The number of nitrogens with one attached hydrogen (secondary N) is 2. The lowest BCUT2D eigenvalue weighted by atomic mass is 10.1. The summed E-state index contributed by atoms with van der Waals surface area (Å²) in [4.78, 5) is 22.0. The minimum atomic E-state index is -0.854. The van der Waals surface area contributed by atoms with Crippen molar-refractivity contribution in [1.29, 1.82) is 0 Å². The highest BCUT2D eigenvalue weighted by atomic mass is 16.4. The molecule has 7 heteroatoms. The minimum absolute atomic E-state index is 0.0584. The second-order valence-corrected chi connectivity index (χ2v) is 4.81. The molecule has 3 N–H and O–H groups in total. The normalized spacial score (nSPS) is 10.4. The number of hydrogen-bond acceptors (Lipinski definition) is 3. The molecule has 1 aromatic rings. The number of carbonyl (C=O) groups excluding carboxylic acids is 1. The van der Waals surface area contributed by atoms with Gasteiger partial charge in [-0.1, -0.05) is 13.8 Å². The molecule has 1 aromatic heterocycles. The van der Waals surface area contributed by atoms with Crippen LogP contribution in [0, 0.1) is 0 Å². The molecule has 0 aliphatic heterocycles. The van der Waals surface area contributed by atoms with Crippen LogP contribution in [0.3, 0.4) is 0 Å². The molecule has 1 heterocycles. The van der Waals surface area contributed by atoms with Gasteiger partial charge in [-0.05, 0) is 19.3 Å². The molecule has 0 aliphatic rings. The zero-order valence-electron chi connectivity index (χ0n) is 12.9. The summed E-state index contributed by atoms with van der Waals surface area (Å²) < 4.78 is 1.86. The van der Waals surface area contributed by atoms with Gasteiger partial charge in [-0.2, -0.15) is 5.10 Å². The van der Waals surface area contributed by atoms with Crippen molar-refractivity contribution >= 4 is 12.0 Å². The SMILES string of the molecule is CCc1nn(C)c(CC)c1CNC(=O)NCCCC(=O)O. The van der Waals surface area contributed by atoms with Gasteiger partial charge < -0.3 is 15.7 Å². The van der Waals surface area contributed by atoms with Crippen molar-refractivity contribution < 1.29 is 14.7 Å². The summed E-state index contributed by atoms with van der Waals surface area (Å²) in [6, 6.07) is -0.284. The summed E-state index contributed by atoms with van der Waals surface area (Å²) >= 11 is 0. The molecule has 0 saturated carbocycles. The summed E-state index contributed by atoms with van der Waals surface area (Å²) in [7, 11) is 1.91. The first kappa shape index (κ1) is 17.0. The Labute approximate surface area is 124 Å². The van der Waals surface area contributed by atoms with Crippen LogP contribution in [0.5, 0.6) is 0 Å². The van der Waals surface area contributed by atoms with E-state index in [-0.39, 0.29) is 12.5 Å². The van der Waals surface area contributed by atoms with Gasteiger partial charge in [0, 0.05) is 37.8 Å². The standard InChI is InChI=1S/C14H24N4O3/c1-4-11-10(12(5-2)18(3)17-11)9-16-14(21)15-8-6-7-13(19)20/h4-9H2,1-3H3,(H,19,20)(H2,15,16,21). The Morgan fingerprint density at radius 3 is 2.52 bits per heavy atom. The van der Waals surface area contributed by atoms with Crippen molar-refractivity contribution in [1.82, 2.24) is 20.4 Å². The molecular formula is C14H24N4O3. The number of carbonyl (C=O) groups is 2. The van der Waals surface area contributed by atoms with Crippen LogP contribution in [0.15, 0.2) is 0 Å². The molecule has 21 heavy (non-hydrogen) atoms. The number of urea groups is 1. The van der Waals surface area contributed by atoms with Gasteiger partial charge in [0.05, 0.1) is 5.69 Å². The molecule has 0 spiro atoms. The zero-order chi connectivity index (χ0) is 15.8. The number of rotatable bonds is 8. The van der Waals surface area contributed by atoms with Gasteiger partial charge in [-0.3, -0.25) is 9.48 Å². The summed E-state index contributed by atoms with van der Waals surface area (Å²) in [6.45, 7) is 4.89. The predicted molar refractivity (Wildman–Crippen MR) is 79.1 cm³/mol. The number of carboxylic acids is 1. The summed E-state index contributed by atoms with van der Waals surface area (Å²) in [5.74, 6) is -0.854. The Morgan fingerprint density at radius 2 is 1.95 bits per heavy atom. The van der Waals surface area contributed by atoms with E-state index in [0.717, 1.165) is 29.8 Å². The summed E-state index contributed by atoms with van der Waals surface area (Å²) in [6.07, 6.45) is 2.17. The first-order valence-corrected chi connectivity index (χ1v) is 7.26. The number of aryl methyl sites for hydroxylation is 2. The van der Waals surface area contributed by atoms with Crippen LogP contribution >= 0.6 is 0 Å². The fourth-order valence-corrected chi connectivity index (χ4v) is 2.27. The Balaban J connectivity index is 2.47. The fourth-order valence-electron chi connectivity index (χ4n) is 2.27. The molecule has 0 unspecified atom stereocenters. The minimum Gasteiger partial charge on any atom is -0.481 e. The van der Waals surface area contributed by atoms with Crippen LogP contribution in [0.4, 0.5) is 4.79 Å². The highest BCUT2D eigenvalue weighted by molar-refractivity contribution is 5.74. The summed E-state index contributed by atoms with van der Waals surface area (Å²) in [5, 5.41) is 18.4. The molecule has 0 radical (unpaired) electrons. The number of aromatic nitrogens is 2. The number of nitrogens with zero attached hydrogens (tertiary/aromatic N) is 2. The molecule has 0 atom stereocenters. The largest absolute Gasteiger partial charge is 0.481 e. The first-order chi connectivity index (χ1) is 9.99. The first-order valence-electron chi connectivity index (χ1n) is 7.26. The van der Waals surface area contributed by atoms with E-state index in [4.69, 9.17) is 5.11 Å². The van der Waals surface area contributed by atoms with Crippen LogP contribution < -0.4 is 10.6 Å². The van der Waals surface area contributed by atoms with Gasteiger partial charge in [-0.25, -0.2) is 4.79 Å². The van der Waals surface area contributed by atoms with Gasteiger partial charge in [-0.15, -0.1) is 0 Å². The van der Waals surface area contributed by atoms with E-state index in [1.807, 2.05) is 18.7 Å². The molecule has 0 fully saturated rings. The highest BCUT2D eigenvalue weighted by Gasteiger charge is 2.14. The van der Waals surface area contributed by atoms with E-state index < -0.39 is 5.97 Å². The maximum absolute atomic E-state index is 11.7. The third-order valence-corrected chi connectivity index (χ3v) is 3.31. The lowest BCUT2D eigenvalue weighted by Crippen LogP contribution is -2.36. The lowest BCUT2D eigenvalue weighted by Gasteiger charge is -2.09. The van der Waals surface area contributed by atoms with Crippen molar-refractivity contribution in [3.63, 3.8) is 0 Å². The topological polar surface area (TPSA) is 96.3 Å². The Bertz CT molecular complexity index is 497. The third-order valence-electron chi connectivity index (χ3n) is 3.31. The molecule has 118 valence electrons. The molecule has 2 amide bonds. The van der Waals surface area contributed by atoms with Crippen LogP contribution in [0.2, 0.25) is 0 Å². The van der Waals surface area contributed by atoms with Crippen LogP contribution in [-0.2, 0) is 31.2 Å². The smallest absolute Gasteiger partial charge is 0.315 e.